The minimum atomic E-state index is -1.88. The highest BCUT2D eigenvalue weighted by Crippen LogP contribution is 2.20. The van der Waals surface area contributed by atoms with Crippen LogP contribution >= 0.6 is 0 Å². The fourth-order valence-electron chi connectivity index (χ4n) is 1.82. The molecule has 0 aromatic rings. The van der Waals surface area contributed by atoms with Gasteiger partial charge in [0.1, 0.15) is 5.78 Å². The quantitative estimate of drug-likeness (QED) is 0.648. The lowest BCUT2D eigenvalue weighted by molar-refractivity contribution is -0.125. The lowest BCUT2D eigenvalue weighted by atomic mass is 9.86. The molecule has 0 heterocycles. The third-order valence-electron chi connectivity index (χ3n) is 2.94. The minimum Gasteiger partial charge on any atom is -0.392 e. The van der Waals surface area contributed by atoms with E-state index in [-0.39, 0.29) is 24.0 Å². The van der Waals surface area contributed by atoms with Gasteiger partial charge in [-0.05, 0) is 32.1 Å². The van der Waals surface area contributed by atoms with Gasteiger partial charge in [0.25, 0.3) is 0 Å². The topological polar surface area (TPSA) is 37.3 Å². The van der Waals surface area contributed by atoms with E-state index >= 15 is 0 Å². The van der Waals surface area contributed by atoms with E-state index in [1.165, 1.54) is 6.92 Å². The Balaban J connectivity index is 4.12. The first-order valence-electron chi connectivity index (χ1n) is 7.52. The third kappa shape index (κ3) is 5.45. The predicted molar refractivity (Wildman–Crippen MR) is 68.3 cm³/mol. The van der Waals surface area contributed by atoms with E-state index in [4.69, 9.17) is 4.11 Å². The van der Waals surface area contributed by atoms with Crippen LogP contribution in [0.3, 0.4) is 0 Å². The molecule has 1 unspecified atom stereocenters. The van der Waals surface area contributed by atoms with Crippen molar-refractivity contribution in [3.63, 3.8) is 0 Å². The number of rotatable bonds is 8. The number of carbonyl (C=O) groups is 1. The number of hydrogen-bond donors (Lipinski definition) is 1. The van der Waals surface area contributed by atoms with Crippen LogP contribution in [0.5, 0.6) is 0 Å². The van der Waals surface area contributed by atoms with Crippen LogP contribution in [0.15, 0.2) is 12.2 Å². The zero-order valence-corrected chi connectivity index (χ0v) is 10.6. The third-order valence-corrected chi connectivity index (χ3v) is 2.94. The highest BCUT2D eigenvalue weighted by atomic mass is 16.3. The SMILES string of the molecule is [2H]C([2H])([2H])CCC=CC[C@@H](C)C(O)[C@H](CC)C(C)=O. The van der Waals surface area contributed by atoms with Crippen molar-refractivity contribution in [3.8, 4) is 0 Å². The van der Waals surface area contributed by atoms with E-state index < -0.39 is 13.0 Å². The molecule has 0 saturated heterocycles. The molecule has 0 aromatic carbocycles. The Morgan fingerprint density at radius 3 is 2.69 bits per heavy atom. The summed E-state index contributed by atoms with van der Waals surface area (Å²) in [5, 5.41) is 10.1. The lowest BCUT2D eigenvalue weighted by Crippen LogP contribution is -2.31. The molecule has 0 bridgehead atoms. The maximum Gasteiger partial charge on any atom is 0.135 e. The molecular weight excluding hydrogens is 200 g/mol. The van der Waals surface area contributed by atoms with Gasteiger partial charge in [-0.15, -0.1) is 0 Å². The van der Waals surface area contributed by atoms with Crippen molar-refractivity contribution in [2.75, 3.05) is 0 Å². The lowest BCUT2D eigenvalue weighted by Gasteiger charge is -2.24. The van der Waals surface area contributed by atoms with Gasteiger partial charge in [0.15, 0.2) is 0 Å². The summed E-state index contributed by atoms with van der Waals surface area (Å²) in [7, 11) is 0. The van der Waals surface area contributed by atoms with Gasteiger partial charge in [-0.2, -0.15) is 0 Å². The van der Waals surface area contributed by atoms with E-state index in [0.717, 1.165) is 0 Å². The zero-order chi connectivity index (χ0) is 15.1. The number of hydrogen-bond acceptors (Lipinski definition) is 2. The van der Waals surface area contributed by atoms with Gasteiger partial charge in [0, 0.05) is 10.0 Å². The first-order chi connectivity index (χ1) is 8.69. The average molecular weight is 229 g/mol. The first-order valence-corrected chi connectivity index (χ1v) is 6.02. The summed E-state index contributed by atoms with van der Waals surface area (Å²) in [4.78, 5) is 11.4. The Labute approximate surface area is 104 Å². The largest absolute Gasteiger partial charge is 0.392 e. The van der Waals surface area contributed by atoms with E-state index in [0.29, 0.717) is 19.3 Å². The number of Topliss-reactive ketones (excluding diaryl/α,β-unsaturated/α-hetero) is 1. The molecular formula is C14H26O2. The summed E-state index contributed by atoms with van der Waals surface area (Å²) in [6.45, 7) is 3.44. The molecule has 0 aliphatic carbocycles. The molecule has 1 N–H and O–H groups in total. The Morgan fingerprint density at radius 2 is 2.19 bits per heavy atom. The van der Waals surface area contributed by atoms with Crippen LogP contribution in [-0.2, 0) is 4.79 Å². The molecule has 0 saturated carbocycles. The Bertz CT molecular complexity index is 298. The Hall–Kier alpha value is -0.630. The molecule has 0 aliphatic rings. The van der Waals surface area contributed by atoms with Gasteiger partial charge in [-0.25, -0.2) is 0 Å². The van der Waals surface area contributed by atoms with Crippen molar-refractivity contribution < 1.29 is 14.0 Å². The van der Waals surface area contributed by atoms with Crippen molar-refractivity contribution in [2.24, 2.45) is 11.8 Å². The Morgan fingerprint density at radius 1 is 1.50 bits per heavy atom. The van der Waals surface area contributed by atoms with Gasteiger partial charge >= 0.3 is 0 Å². The zero-order valence-electron chi connectivity index (χ0n) is 13.6. The molecule has 0 rings (SSSR count). The first kappa shape index (κ1) is 10.5. The summed E-state index contributed by atoms with van der Waals surface area (Å²) in [6, 6.07) is 0. The molecule has 0 aliphatic heterocycles. The molecule has 94 valence electrons. The second-order valence-corrected chi connectivity index (χ2v) is 4.34. The van der Waals surface area contributed by atoms with E-state index in [1.54, 1.807) is 0 Å². The number of ketones is 1. The van der Waals surface area contributed by atoms with Crippen molar-refractivity contribution in [1.29, 1.82) is 0 Å². The maximum absolute atomic E-state index is 11.4. The monoisotopic (exact) mass is 229 g/mol. The summed E-state index contributed by atoms with van der Waals surface area (Å²) in [6.07, 6.45) is 5.09. The van der Waals surface area contributed by atoms with Crippen LogP contribution in [0.1, 0.15) is 57.4 Å². The predicted octanol–water partition coefficient (Wildman–Crippen LogP) is 3.35. The molecule has 0 spiro atoms. The fourth-order valence-corrected chi connectivity index (χ4v) is 1.82. The number of carbonyl (C=O) groups excluding carboxylic acids is 1. The van der Waals surface area contributed by atoms with Crippen molar-refractivity contribution in [3.05, 3.63) is 12.2 Å². The molecule has 0 amide bonds. The van der Waals surface area contributed by atoms with E-state index in [2.05, 4.69) is 0 Å². The summed E-state index contributed by atoms with van der Waals surface area (Å²) >= 11 is 0. The molecule has 0 radical (unpaired) electrons. The highest BCUT2D eigenvalue weighted by Gasteiger charge is 2.25. The van der Waals surface area contributed by atoms with Gasteiger partial charge < -0.3 is 5.11 Å². The smallest absolute Gasteiger partial charge is 0.135 e. The van der Waals surface area contributed by atoms with Crippen LogP contribution in [-0.4, -0.2) is 17.0 Å². The van der Waals surface area contributed by atoms with Crippen LogP contribution in [0, 0.1) is 11.8 Å². The minimum absolute atomic E-state index is 0.00198. The van der Waals surface area contributed by atoms with Crippen LogP contribution in [0.25, 0.3) is 0 Å². The summed E-state index contributed by atoms with van der Waals surface area (Å²) in [5.74, 6) is -0.281. The molecule has 2 heteroatoms. The molecule has 0 fully saturated rings. The second-order valence-electron chi connectivity index (χ2n) is 4.34. The van der Waals surface area contributed by atoms with Crippen molar-refractivity contribution >= 4 is 5.78 Å². The van der Waals surface area contributed by atoms with E-state index in [9.17, 15) is 9.90 Å². The van der Waals surface area contributed by atoms with Gasteiger partial charge in [0.05, 0.1) is 6.10 Å². The van der Waals surface area contributed by atoms with E-state index in [1.807, 2.05) is 26.0 Å². The van der Waals surface area contributed by atoms with Crippen molar-refractivity contribution in [1.82, 2.24) is 0 Å². The standard InChI is InChI=1S/C14H26O2/c1-5-7-8-9-10-11(3)14(16)13(6-2)12(4)15/h8-9,11,13-14,16H,5-7,10H2,1-4H3/t11-,13-,14?/m1/s1/i1D3. The number of allylic oxidation sites excluding steroid dienone is 2. The molecule has 3 atom stereocenters. The van der Waals surface area contributed by atoms with Gasteiger partial charge in [-0.1, -0.05) is 39.3 Å². The van der Waals surface area contributed by atoms with Crippen LogP contribution in [0.2, 0.25) is 0 Å². The normalized spacial score (nSPS) is 20.9. The second kappa shape index (κ2) is 8.51. The number of aliphatic hydroxyl groups is 1. The summed E-state index contributed by atoms with van der Waals surface area (Å²) < 4.78 is 21.2. The molecule has 16 heavy (non-hydrogen) atoms. The van der Waals surface area contributed by atoms with Crippen LogP contribution < -0.4 is 0 Å². The van der Waals surface area contributed by atoms with Gasteiger partial charge in [0.2, 0.25) is 0 Å². The average Bonchev–Trinajstić information content (AvgIpc) is 2.26. The number of aliphatic hydroxyl groups excluding tert-OH is 1. The van der Waals surface area contributed by atoms with Crippen molar-refractivity contribution in [2.45, 2.75) is 59.4 Å². The Kier molecular flexibility index (Phi) is 5.60. The maximum atomic E-state index is 11.4. The highest BCUT2D eigenvalue weighted by molar-refractivity contribution is 5.78. The van der Waals surface area contributed by atoms with Crippen LogP contribution in [0.4, 0.5) is 0 Å². The summed E-state index contributed by atoms with van der Waals surface area (Å²) in [5.41, 5.74) is 0. The fraction of sp³-hybridized carbons (Fsp3) is 0.786. The van der Waals surface area contributed by atoms with Gasteiger partial charge in [-0.3, -0.25) is 4.79 Å². The molecule has 0 aromatic heterocycles. The molecule has 2 nitrogen and oxygen atoms in total.